The molecule has 0 aliphatic rings. The molecule has 0 saturated carbocycles. The van der Waals surface area contributed by atoms with Gasteiger partial charge in [-0.3, -0.25) is 5.41 Å². The maximum absolute atomic E-state index is 9.49. The third-order valence-corrected chi connectivity index (χ3v) is 3.33. The van der Waals surface area contributed by atoms with Gasteiger partial charge in [0, 0.05) is 11.7 Å². The van der Waals surface area contributed by atoms with E-state index in [0.717, 1.165) is 5.56 Å². The summed E-state index contributed by atoms with van der Waals surface area (Å²) in [5.74, 6) is 0.729. The summed E-state index contributed by atoms with van der Waals surface area (Å²) >= 11 is 0. The average Bonchev–Trinajstić information content (AvgIpc) is 2.95. The molecule has 7 nitrogen and oxygen atoms in total. The van der Waals surface area contributed by atoms with Gasteiger partial charge in [0.2, 0.25) is 0 Å². The molecular weight excluding hydrogens is 304 g/mol. The second kappa shape index (κ2) is 7.56. The molecule has 6 N–H and O–H groups in total. The number of nitrogen functional groups attached to an aromatic ring is 1. The maximum Gasteiger partial charge on any atom is 0.141 e. The van der Waals surface area contributed by atoms with Crippen LogP contribution in [0.15, 0.2) is 31.1 Å². The zero-order valence-corrected chi connectivity index (χ0v) is 13.8. The molecule has 0 saturated heterocycles. The normalized spacial score (nSPS) is 11.2. The van der Waals surface area contributed by atoms with Crippen molar-refractivity contribution in [2.75, 3.05) is 11.1 Å². The molecule has 0 aliphatic heterocycles. The number of hydrogen-bond donors (Lipinski definition) is 5. The van der Waals surface area contributed by atoms with Crippen molar-refractivity contribution >= 4 is 23.4 Å². The standard InChI is InChI=1S/C17H22N6O/c1-4-5-6-11-7-12(23-13(11)8-24)15(18)14-16(19)20-9-21-17(14)22-10(2)3/h4-7,9-10,18,23-24H,1,8H2,2-3H3,(H3,19,20,21,22)/b6-5-,18-15?. The molecule has 7 heteroatoms. The first-order valence-electron chi connectivity index (χ1n) is 7.56. The Morgan fingerprint density at radius 3 is 2.88 bits per heavy atom. The molecule has 0 aliphatic carbocycles. The molecule has 0 amide bonds. The van der Waals surface area contributed by atoms with E-state index in [1.807, 2.05) is 19.9 Å². The van der Waals surface area contributed by atoms with Gasteiger partial charge in [0.05, 0.1) is 23.6 Å². The quantitative estimate of drug-likeness (QED) is 0.394. The molecule has 0 fully saturated rings. The Balaban J connectivity index is 2.48. The molecule has 126 valence electrons. The van der Waals surface area contributed by atoms with E-state index in [4.69, 9.17) is 11.1 Å². The summed E-state index contributed by atoms with van der Waals surface area (Å²) in [5.41, 5.74) is 8.47. The van der Waals surface area contributed by atoms with Gasteiger partial charge in [0.25, 0.3) is 0 Å². The van der Waals surface area contributed by atoms with E-state index < -0.39 is 0 Å². The van der Waals surface area contributed by atoms with Crippen LogP contribution >= 0.6 is 0 Å². The number of nitrogens with zero attached hydrogens (tertiary/aromatic N) is 2. The lowest BCUT2D eigenvalue weighted by Crippen LogP contribution is -2.18. The molecule has 0 unspecified atom stereocenters. The number of hydrogen-bond acceptors (Lipinski definition) is 6. The maximum atomic E-state index is 9.49. The molecule has 2 aromatic heterocycles. The molecule has 2 aromatic rings. The van der Waals surface area contributed by atoms with Crippen LogP contribution in [-0.4, -0.2) is 31.8 Å². The van der Waals surface area contributed by atoms with E-state index in [1.165, 1.54) is 6.33 Å². The summed E-state index contributed by atoms with van der Waals surface area (Å²) in [6, 6.07) is 1.91. The number of aliphatic hydroxyl groups is 1. The summed E-state index contributed by atoms with van der Waals surface area (Å²) in [4.78, 5) is 11.2. The minimum atomic E-state index is -0.165. The van der Waals surface area contributed by atoms with Gasteiger partial charge in [0.15, 0.2) is 0 Å². The summed E-state index contributed by atoms with van der Waals surface area (Å²) < 4.78 is 0. The topological polar surface area (TPSA) is 124 Å². The first-order valence-corrected chi connectivity index (χ1v) is 7.56. The lowest BCUT2D eigenvalue weighted by molar-refractivity contribution is 0.277. The van der Waals surface area contributed by atoms with Crippen molar-refractivity contribution in [1.82, 2.24) is 15.0 Å². The second-order valence-corrected chi connectivity index (χ2v) is 5.53. The Hall–Kier alpha value is -2.93. The Bertz CT molecular complexity index is 775. The highest BCUT2D eigenvalue weighted by Gasteiger charge is 2.19. The Kier molecular flexibility index (Phi) is 5.49. The lowest BCUT2D eigenvalue weighted by Gasteiger charge is -2.14. The highest BCUT2D eigenvalue weighted by atomic mass is 16.3. The smallest absolute Gasteiger partial charge is 0.141 e. The fraction of sp³-hybridized carbons (Fsp3) is 0.235. The molecule has 0 spiro atoms. The minimum absolute atomic E-state index is 0.133. The number of anilines is 2. The first-order chi connectivity index (χ1) is 11.5. The fourth-order valence-electron chi connectivity index (χ4n) is 2.26. The molecule has 0 atom stereocenters. The Morgan fingerprint density at radius 2 is 2.25 bits per heavy atom. The van der Waals surface area contributed by atoms with Gasteiger partial charge in [-0.1, -0.05) is 24.8 Å². The third kappa shape index (κ3) is 3.69. The fourth-order valence-corrected chi connectivity index (χ4v) is 2.26. The number of nitrogens with two attached hydrogens (primary N) is 1. The van der Waals surface area contributed by atoms with Gasteiger partial charge >= 0.3 is 0 Å². The summed E-state index contributed by atoms with van der Waals surface area (Å²) in [6.45, 7) is 7.41. The van der Waals surface area contributed by atoms with Crippen LogP contribution < -0.4 is 11.1 Å². The van der Waals surface area contributed by atoms with Gasteiger partial charge in [-0.15, -0.1) is 0 Å². The van der Waals surface area contributed by atoms with Crippen LogP contribution in [0.2, 0.25) is 0 Å². The van der Waals surface area contributed by atoms with Gasteiger partial charge in [0.1, 0.15) is 18.0 Å². The van der Waals surface area contributed by atoms with Crippen LogP contribution in [0.25, 0.3) is 6.08 Å². The number of aromatic nitrogens is 3. The predicted octanol–water partition coefficient (Wildman–Crippen LogP) is 2.31. The number of aromatic amines is 1. The predicted molar refractivity (Wildman–Crippen MR) is 97.1 cm³/mol. The molecule has 0 radical (unpaired) electrons. The monoisotopic (exact) mass is 326 g/mol. The molecule has 2 heterocycles. The number of allylic oxidation sites excluding steroid dienone is 2. The molecule has 0 aromatic carbocycles. The van der Waals surface area contributed by atoms with Crippen LogP contribution in [0.5, 0.6) is 0 Å². The van der Waals surface area contributed by atoms with Crippen molar-refractivity contribution in [2.45, 2.75) is 26.5 Å². The van der Waals surface area contributed by atoms with Crippen LogP contribution in [0.4, 0.5) is 11.6 Å². The largest absolute Gasteiger partial charge is 0.390 e. The zero-order chi connectivity index (χ0) is 17.7. The molecule has 24 heavy (non-hydrogen) atoms. The van der Waals surface area contributed by atoms with Gasteiger partial charge < -0.3 is 21.1 Å². The number of nitrogens with one attached hydrogen (secondary N) is 3. The van der Waals surface area contributed by atoms with Crippen LogP contribution in [0, 0.1) is 5.41 Å². The van der Waals surface area contributed by atoms with Gasteiger partial charge in [-0.05, 0) is 25.5 Å². The van der Waals surface area contributed by atoms with E-state index >= 15 is 0 Å². The van der Waals surface area contributed by atoms with Gasteiger partial charge in [-0.25, -0.2) is 9.97 Å². The van der Waals surface area contributed by atoms with Crippen molar-refractivity contribution in [3.63, 3.8) is 0 Å². The molecule has 0 bridgehead atoms. The summed E-state index contributed by atoms with van der Waals surface area (Å²) in [5, 5.41) is 21.2. The van der Waals surface area contributed by atoms with Crippen molar-refractivity contribution in [3.8, 4) is 0 Å². The Labute approximate surface area is 140 Å². The number of H-pyrrole nitrogens is 1. The number of rotatable bonds is 7. The average molecular weight is 326 g/mol. The minimum Gasteiger partial charge on any atom is -0.390 e. The van der Waals surface area contributed by atoms with Crippen molar-refractivity contribution < 1.29 is 5.11 Å². The number of aliphatic hydroxyl groups excluding tert-OH is 1. The third-order valence-electron chi connectivity index (χ3n) is 3.33. The van der Waals surface area contributed by atoms with Crippen LogP contribution in [0.1, 0.15) is 36.4 Å². The van der Waals surface area contributed by atoms with E-state index in [-0.39, 0.29) is 24.2 Å². The van der Waals surface area contributed by atoms with E-state index in [2.05, 4.69) is 26.8 Å². The summed E-state index contributed by atoms with van der Waals surface area (Å²) in [6.07, 6.45) is 6.58. The molecule has 2 rings (SSSR count). The van der Waals surface area contributed by atoms with Crippen LogP contribution in [0.3, 0.4) is 0 Å². The lowest BCUT2D eigenvalue weighted by atomic mass is 10.1. The van der Waals surface area contributed by atoms with E-state index in [9.17, 15) is 5.11 Å². The molecular formula is C17H22N6O. The Morgan fingerprint density at radius 1 is 1.50 bits per heavy atom. The SMILES string of the molecule is C=C/C=C\c1cc(C(=N)c2c(N)ncnc2NC(C)C)[nH]c1CO. The second-order valence-electron chi connectivity index (χ2n) is 5.53. The first kappa shape index (κ1) is 17.4. The van der Waals surface area contributed by atoms with Crippen molar-refractivity contribution in [3.05, 3.63) is 53.6 Å². The highest BCUT2D eigenvalue weighted by Crippen LogP contribution is 2.23. The van der Waals surface area contributed by atoms with E-state index in [1.54, 1.807) is 18.2 Å². The summed E-state index contributed by atoms with van der Waals surface area (Å²) in [7, 11) is 0. The van der Waals surface area contributed by atoms with E-state index in [0.29, 0.717) is 22.8 Å². The van der Waals surface area contributed by atoms with Gasteiger partial charge in [-0.2, -0.15) is 0 Å². The van der Waals surface area contributed by atoms with Crippen LogP contribution in [-0.2, 0) is 6.61 Å². The zero-order valence-electron chi connectivity index (χ0n) is 13.8. The van der Waals surface area contributed by atoms with Crippen molar-refractivity contribution in [2.24, 2.45) is 0 Å². The highest BCUT2D eigenvalue weighted by molar-refractivity contribution is 6.15. The van der Waals surface area contributed by atoms with Crippen molar-refractivity contribution in [1.29, 1.82) is 5.41 Å².